The van der Waals surface area contributed by atoms with E-state index in [0.717, 1.165) is 42.5 Å². The van der Waals surface area contributed by atoms with Crippen molar-refractivity contribution in [2.75, 3.05) is 20.8 Å². The highest BCUT2D eigenvalue weighted by Gasteiger charge is 2.40. The summed E-state index contributed by atoms with van der Waals surface area (Å²) in [6.07, 6.45) is 5.99. The molecule has 7 heteroatoms. The Morgan fingerprint density at radius 3 is 2.19 bits per heavy atom. The average molecular weight is 419 g/mol. The summed E-state index contributed by atoms with van der Waals surface area (Å²) < 4.78 is 8.92. The van der Waals surface area contributed by atoms with Crippen LogP contribution in [0.5, 0.6) is 11.5 Å². The third-order valence-corrected chi connectivity index (χ3v) is 5.50. The number of hydrogen-bond donors (Lipinski definition) is 0. The lowest BCUT2D eigenvalue weighted by molar-refractivity contribution is -0.127. The largest absolute Gasteiger partial charge is 0.493 e. The van der Waals surface area contributed by atoms with Crippen molar-refractivity contribution in [1.29, 1.82) is 0 Å². The summed E-state index contributed by atoms with van der Waals surface area (Å²) in [5.74, 6) is 0.805. The molecule has 1 fully saturated rings. The van der Waals surface area contributed by atoms with E-state index in [4.69, 9.17) is 44.3 Å². The number of carbonyl (C=O) groups is 1. The Bertz CT molecular complexity index is 732. The average Bonchev–Trinajstić information content (AvgIpc) is 2.65. The molecule has 1 aliphatic carbocycles. The number of ether oxygens (including phenoxy) is 2. The van der Waals surface area contributed by atoms with Gasteiger partial charge in [0.05, 0.1) is 19.9 Å². The molecule has 26 heavy (non-hydrogen) atoms. The maximum Gasteiger partial charge on any atom is 0.279 e. The zero-order valence-corrected chi connectivity index (χ0v) is 17.2. The van der Waals surface area contributed by atoms with Gasteiger partial charge in [0, 0.05) is 12.1 Å². The fourth-order valence-electron chi connectivity index (χ4n) is 3.79. The predicted molar refractivity (Wildman–Crippen MR) is 105 cm³/mol. The monoisotopic (exact) mass is 417 g/mol. The smallest absolute Gasteiger partial charge is 0.279 e. The van der Waals surface area contributed by atoms with Crippen LogP contribution < -0.4 is 9.47 Å². The summed E-state index contributed by atoms with van der Waals surface area (Å²) >= 11 is 17.8. The van der Waals surface area contributed by atoms with E-state index in [9.17, 15) is 4.79 Å². The van der Waals surface area contributed by atoms with Gasteiger partial charge in [-0.15, -0.1) is 0 Å². The number of fused-ring (bicyclic) bond motifs is 1. The second kappa shape index (κ2) is 7.87. The minimum atomic E-state index is -1.98. The number of hydrogen-bond acceptors (Lipinski definition) is 3. The Balaban J connectivity index is 2.16. The van der Waals surface area contributed by atoms with Crippen molar-refractivity contribution in [3.63, 3.8) is 0 Å². The molecule has 0 radical (unpaired) electrons. The molecule has 0 unspecified atom stereocenters. The summed E-state index contributed by atoms with van der Waals surface area (Å²) in [7, 11) is 3.22. The Morgan fingerprint density at radius 1 is 1.00 bits per heavy atom. The van der Waals surface area contributed by atoms with Gasteiger partial charge in [-0.1, -0.05) is 41.2 Å². The first-order chi connectivity index (χ1) is 12.4. The molecule has 1 heterocycles. The minimum Gasteiger partial charge on any atom is -0.493 e. The molecule has 142 valence electrons. The zero-order chi connectivity index (χ0) is 18.9. The molecule has 0 saturated heterocycles. The van der Waals surface area contributed by atoms with Gasteiger partial charge in [0.1, 0.15) is 0 Å². The van der Waals surface area contributed by atoms with Gasteiger partial charge in [0.25, 0.3) is 9.70 Å². The van der Waals surface area contributed by atoms with Crippen LogP contribution in [0, 0.1) is 0 Å². The second-order valence-electron chi connectivity index (χ2n) is 6.58. The first-order valence-electron chi connectivity index (χ1n) is 8.72. The standard InChI is InChI=1S/C19H22Cl3NO3/c1-25-15-10-13-8-9-23(18(24)19(20,21)22)17(12-6-4-3-5-7-12)14(13)11-16(15)26-2/h10-11H,3-9H2,1-2H3. The van der Waals surface area contributed by atoms with Crippen LogP contribution in [0.15, 0.2) is 17.7 Å². The molecule has 0 bridgehead atoms. The van der Waals surface area contributed by atoms with Crippen molar-refractivity contribution < 1.29 is 14.3 Å². The van der Waals surface area contributed by atoms with Crippen LogP contribution in [-0.4, -0.2) is 35.4 Å². The topological polar surface area (TPSA) is 38.8 Å². The molecule has 1 aromatic rings. The number of alkyl halides is 3. The molecular formula is C19H22Cl3NO3. The van der Waals surface area contributed by atoms with Gasteiger partial charge in [0.2, 0.25) is 0 Å². The van der Waals surface area contributed by atoms with Crippen LogP contribution in [0.3, 0.4) is 0 Å². The lowest BCUT2D eigenvalue weighted by Crippen LogP contribution is -2.42. The summed E-state index contributed by atoms with van der Waals surface area (Å²) in [6.45, 7) is 0.480. The highest BCUT2D eigenvalue weighted by Crippen LogP contribution is 2.43. The summed E-state index contributed by atoms with van der Waals surface area (Å²) in [5, 5.41) is 0. The Morgan fingerprint density at radius 2 is 1.62 bits per heavy atom. The molecule has 2 aliphatic rings. The van der Waals surface area contributed by atoms with Gasteiger partial charge in [-0.2, -0.15) is 0 Å². The number of methoxy groups -OCH3 is 2. The van der Waals surface area contributed by atoms with E-state index in [-0.39, 0.29) is 0 Å². The fourth-order valence-corrected chi connectivity index (χ4v) is 4.10. The molecule has 1 amide bonds. The number of amides is 1. The summed E-state index contributed by atoms with van der Waals surface area (Å²) in [4.78, 5) is 14.4. The van der Waals surface area contributed by atoms with E-state index in [1.165, 1.54) is 12.0 Å². The van der Waals surface area contributed by atoms with Crippen molar-refractivity contribution in [3.05, 3.63) is 28.8 Å². The van der Waals surface area contributed by atoms with Gasteiger partial charge in [-0.25, -0.2) is 0 Å². The quantitative estimate of drug-likeness (QED) is 0.625. The van der Waals surface area contributed by atoms with Crippen LogP contribution in [0.4, 0.5) is 0 Å². The Labute approximate surface area is 169 Å². The SMILES string of the molecule is COc1cc2c(cc1OC)C(=C1CCCCC1)N(C(=O)C(Cl)(Cl)Cl)CC2. The van der Waals surface area contributed by atoms with Crippen molar-refractivity contribution in [1.82, 2.24) is 4.90 Å². The molecule has 4 nitrogen and oxygen atoms in total. The molecule has 0 N–H and O–H groups in total. The number of nitrogens with zero attached hydrogens (tertiary/aromatic N) is 1. The van der Waals surface area contributed by atoms with Crippen LogP contribution >= 0.6 is 34.8 Å². The summed E-state index contributed by atoms with van der Waals surface area (Å²) in [6, 6.07) is 3.91. The van der Waals surface area contributed by atoms with E-state index >= 15 is 0 Å². The van der Waals surface area contributed by atoms with Gasteiger partial charge in [-0.3, -0.25) is 4.79 Å². The zero-order valence-electron chi connectivity index (χ0n) is 14.9. The Hall–Kier alpha value is -1.10. The lowest BCUT2D eigenvalue weighted by Gasteiger charge is -2.36. The molecule has 3 rings (SSSR count). The van der Waals surface area contributed by atoms with E-state index in [2.05, 4.69) is 0 Å². The van der Waals surface area contributed by atoms with Crippen LogP contribution in [0.25, 0.3) is 5.70 Å². The third-order valence-electron chi connectivity index (χ3n) is 5.02. The highest BCUT2D eigenvalue weighted by atomic mass is 35.6. The third kappa shape index (κ3) is 3.78. The van der Waals surface area contributed by atoms with E-state index < -0.39 is 9.70 Å². The first kappa shape index (κ1) is 19.7. The van der Waals surface area contributed by atoms with Crippen LogP contribution in [0.1, 0.15) is 43.2 Å². The van der Waals surface area contributed by atoms with Gasteiger partial charge >= 0.3 is 0 Å². The van der Waals surface area contributed by atoms with Crippen LogP contribution in [-0.2, 0) is 11.2 Å². The van der Waals surface area contributed by atoms with Crippen molar-refractivity contribution in [2.24, 2.45) is 0 Å². The van der Waals surface area contributed by atoms with Gasteiger partial charge < -0.3 is 14.4 Å². The van der Waals surface area contributed by atoms with E-state index in [0.29, 0.717) is 24.5 Å². The van der Waals surface area contributed by atoms with Crippen molar-refractivity contribution >= 4 is 46.4 Å². The Kier molecular flexibility index (Phi) is 5.95. The first-order valence-corrected chi connectivity index (χ1v) is 9.86. The van der Waals surface area contributed by atoms with Gasteiger partial charge in [-0.05, 0) is 55.4 Å². The molecule has 0 aromatic heterocycles. The van der Waals surface area contributed by atoms with E-state index in [1.54, 1.807) is 19.1 Å². The lowest BCUT2D eigenvalue weighted by atomic mass is 9.86. The minimum absolute atomic E-state index is 0.480. The molecule has 1 saturated carbocycles. The highest BCUT2D eigenvalue weighted by molar-refractivity contribution is 6.76. The van der Waals surface area contributed by atoms with Crippen molar-refractivity contribution in [3.8, 4) is 11.5 Å². The molecule has 1 aromatic carbocycles. The van der Waals surface area contributed by atoms with E-state index in [1.807, 2.05) is 12.1 Å². The molecule has 1 aliphatic heterocycles. The number of halogens is 3. The predicted octanol–water partition coefficient (Wildman–Crippen LogP) is 5.13. The van der Waals surface area contributed by atoms with Gasteiger partial charge in [0.15, 0.2) is 11.5 Å². The normalized spacial score (nSPS) is 17.8. The van der Waals surface area contributed by atoms with Crippen LogP contribution in [0.2, 0.25) is 0 Å². The molecular weight excluding hydrogens is 397 g/mol. The molecule has 0 atom stereocenters. The van der Waals surface area contributed by atoms with Crippen molar-refractivity contribution in [2.45, 2.75) is 42.3 Å². The maximum absolute atomic E-state index is 12.8. The number of rotatable bonds is 2. The number of allylic oxidation sites excluding steroid dienone is 1. The fraction of sp³-hybridized carbons (Fsp3) is 0.526. The number of benzene rings is 1. The number of carbonyl (C=O) groups excluding carboxylic acids is 1. The second-order valence-corrected chi connectivity index (χ2v) is 8.86. The summed E-state index contributed by atoms with van der Waals surface area (Å²) in [5.41, 5.74) is 4.20. The molecule has 0 spiro atoms. The maximum atomic E-state index is 12.8.